The van der Waals surface area contributed by atoms with Crippen molar-refractivity contribution in [2.75, 3.05) is 12.4 Å². The number of hydrogen-bond donors (Lipinski definition) is 1. The van der Waals surface area contributed by atoms with Gasteiger partial charge in [-0.25, -0.2) is 0 Å². The summed E-state index contributed by atoms with van der Waals surface area (Å²) in [4.78, 5) is 0. The van der Waals surface area contributed by atoms with E-state index in [2.05, 4.69) is 12.2 Å². The van der Waals surface area contributed by atoms with Crippen LogP contribution in [-0.4, -0.2) is 7.11 Å². The van der Waals surface area contributed by atoms with E-state index in [0.717, 1.165) is 23.4 Å². The molecule has 21 heavy (non-hydrogen) atoms. The van der Waals surface area contributed by atoms with Crippen molar-refractivity contribution in [3.05, 3.63) is 57.0 Å². The Labute approximate surface area is 140 Å². The summed E-state index contributed by atoms with van der Waals surface area (Å²) in [5, 5.41) is 4.85. The highest BCUT2D eigenvalue weighted by Crippen LogP contribution is 2.36. The Morgan fingerprint density at radius 2 is 1.71 bits per heavy atom. The van der Waals surface area contributed by atoms with E-state index in [1.54, 1.807) is 19.2 Å². The topological polar surface area (TPSA) is 21.3 Å². The SMILES string of the molecule is CCC(Nc1cc(Cl)c(Cl)cc1Cl)c1ccccc1OC. The molecule has 0 bridgehead atoms. The average molecular weight is 345 g/mol. The lowest BCUT2D eigenvalue weighted by Crippen LogP contribution is -2.11. The summed E-state index contributed by atoms with van der Waals surface area (Å²) in [5.41, 5.74) is 1.83. The van der Waals surface area contributed by atoms with Crippen molar-refractivity contribution in [3.63, 3.8) is 0 Å². The molecule has 2 aromatic rings. The maximum absolute atomic E-state index is 6.23. The smallest absolute Gasteiger partial charge is 0.124 e. The molecule has 112 valence electrons. The summed E-state index contributed by atoms with van der Waals surface area (Å²) >= 11 is 18.2. The molecule has 0 saturated heterocycles. The van der Waals surface area contributed by atoms with Crippen LogP contribution in [0.15, 0.2) is 36.4 Å². The molecule has 2 rings (SSSR count). The molecule has 0 aromatic heterocycles. The molecule has 0 heterocycles. The van der Waals surface area contributed by atoms with Gasteiger partial charge >= 0.3 is 0 Å². The van der Waals surface area contributed by atoms with Gasteiger partial charge in [-0.1, -0.05) is 59.9 Å². The minimum atomic E-state index is 0.0656. The number of ether oxygens (including phenoxy) is 1. The van der Waals surface area contributed by atoms with Crippen LogP contribution in [0.5, 0.6) is 5.75 Å². The molecule has 0 aliphatic rings. The van der Waals surface area contributed by atoms with E-state index in [0.29, 0.717) is 15.1 Å². The molecule has 0 aliphatic heterocycles. The maximum Gasteiger partial charge on any atom is 0.124 e. The van der Waals surface area contributed by atoms with E-state index in [1.165, 1.54) is 0 Å². The summed E-state index contributed by atoms with van der Waals surface area (Å²) in [6.45, 7) is 2.09. The minimum Gasteiger partial charge on any atom is -0.496 e. The van der Waals surface area contributed by atoms with Crippen molar-refractivity contribution < 1.29 is 4.74 Å². The molecule has 1 atom stereocenters. The second kappa shape index (κ2) is 7.26. The third kappa shape index (κ3) is 3.76. The summed E-state index contributed by atoms with van der Waals surface area (Å²) in [6, 6.07) is 11.4. The Balaban J connectivity index is 2.33. The largest absolute Gasteiger partial charge is 0.496 e. The lowest BCUT2D eigenvalue weighted by Gasteiger charge is -2.22. The third-order valence-corrected chi connectivity index (χ3v) is 4.30. The molecular formula is C16H16Cl3NO. The van der Waals surface area contributed by atoms with Gasteiger partial charge in [-0.05, 0) is 24.6 Å². The van der Waals surface area contributed by atoms with Crippen molar-refractivity contribution in [2.24, 2.45) is 0 Å². The Morgan fingerprint density at radius 1 is 1.05 bits per heavy atom. The predicted molar refractivity (Wildman–Crippen MR) is 91.1 cm³/mol. The quantitative estimate of drug-likeness (QED) is 0.650. The molecule has 1 N–H and O–H groups in total. The van der Waals surface area contributed by atoms with Gasteiger partial charge in [0.25, 0.3) is 0 Å². The van der Waals surface area contributed by atoms with Gasteiger partial charge in [0.2, 0.25) is 0 Å². The van der Waals surface area contributed by atoms with E-state index in [4.69, 9.17) is 39.5 Å². The summed E-state index contributed by atoms with van der Waals surface area (Å²) in [5.74, 6) is 0.841. The fourth-order valence-corrected chi connectivity index (χ4v) is 2.78. The van der Waals surface area contributed by atoms with Crippen LogP contribution in [0.4, 0.5) is 5.69 Å². The lowest BCUT2D eigenvalue weighted by atomic mass is 10.0. The van der Waals surface area contributed by atoms with Gasteiger partial charge in [0, 0.05) is 5.56 Å². The number of methoxy groups -OCH3 is 1. The molecule has 0 fully saturated rings. The fraction of sp³-hybridized carbons (Fsp3) is 0.250. The summed E-state index contributed by atoms with van der Waals surface area (Å²) < 4.78 is 5.42. The number of anilines is 1. The van der Waals surface area contributed by atoms with E-state index in [1.807, 2.05) is 24.3 Å². The van der Waals surface area contributed by atoms with Crippen LogP contribution in [0.3, 0.4) is 0 Å². The molecule has 0 saturated carbocycles. The highest BCUT2D eigenvalue weighted by atomic mass is 35.5. The Hall–Kier alpha value is -1.09. The first kappa shape index (κ1) is 16.3. The number of halogens is 3. The molecule has 0 radical (unpaired) electrons. The zero-order valence-corrected chi connectivity index (χ0v) is 14.1. The molecule has 2 aromatic carbocycles. The highest BCUT2D eigenvalue weighted by molar-refractivity contribution is 6.44. The van der Waals surface area contributed by atoms with Gasteiger partial charge in [0.1, 0.15) is 5.75 Å². The van der Waals surface area contributed by atoms with Crippen molar-refractivity contribution >= 4 is 40.5 Å². The lowest BCUT2D eigenvalue weighted by molar-refractivity contribution is 0.406. The second-order valence-electron chi connectivity index (χ2n) is 4.59. The number of hydrogen-bond acceptors (Lipinski definition) is 2. The number of para-hydroxylation sites is 1. The van der Waals surface area contributed by atoms with Crippen LogP contribution in [0, 0.1) is 0 Å². The zero-order valence-electron chi connectivity index (χ0n) is 11.8. The van der Waals surface area contributed by atoms with Crippen LogP contribution in [0.25, 0.3) is 0 Å². The van der Waals surface area contributed by atoms with Crippen molar-refractivity contribution in [2.45, 2.75) is 19.4 Å². The first-order chi connectivity index (χ1) is 10.1. The van der Waals surface area contributed by atoms with Crippen molar-refractivity contribution in [1.29, 1.82) is 0 Å². The van der Waals surface area contributed by atoms with Gasteiger partial charge in [-0.2, -0.15) is 0 Å². The van der Waals surface area contributed by atoms with Crippen LogP contribution < -0.4 is 10.1 Å². The van der Waals surface area contributed by atoms with Crippen LogP contribution in [0.1, 0.15) is 24.9 Å². The van der Waals surface area contributed by atoms with Gasteiger partial charge in [0.05, 0.1) is 33.9 Å². The number of nitrogens with one attached hydrogen (secondary N) is 1. The van der Waals surface area contributed by atoms with Crippen molar-refractivity contribution in [1.82, 2.24) is 0 Å². The van der Waals surface area contributed by atoms with Crippen LogP contribution in [0.2, 0.25) is 15.1 Å². The fourth-order valence-electron chi connectivity index (χ4n) is 2.17. The molecule has 0 spiro atoms. The van der Waals surface area contributed by atoms with Crippen LogP contribution in [-0.2, 0) is 0 Å². The van der Waals surface area contributed by atoms with Gasteiger partial charge in [-0.15, -0.1) is 0 Å². The molecular weight excluding hydrogens is 329 g/mol. The molecule has 0 aliphatic carbocycles. The zero-order chi connectivity index (χ0) is 15.4. The number of benzene rings is 2. The minimum absolute atomic E-state index is 0.0656. The molecule has 0 amide bonds. The monoisotopic (exact) mass is 343 g/mol. The average Bonchev–Trinajstić information content (AvgIpc) is 2.49. The standard InChI is InChI=1S/C16H16Cl3NO/c1-3-14(10-6-4-5-7-16(10)21-2)20-15-9-12(18)11(17)8-13(15)19/h4-9,14,20H,3H2,1-2H3. The Bertz CT molecular complexity index is 631. The Morgan fingerprint density at radius 3 is 2.38 bits per heavy atom. The van der Waals surface area contributed by atoms with E-state index < -0.39 is 0 Å². The number of rotatable bonds is 5. The summed E-state index contributed by atoms with van der Waals surface area (Å²) in [7, 11) is 1.66. The second-order valence-corrected chi connectivity index (χ2v) is 5.81. The van der Waals surface area contributed by atoms with Gasteiger partial charge in [0.15, 0.2) is 0 Å². The van der Waals surface area contributed by atoms with Gasteiger partial charge in [-0.3, -0.25) is 0 Å². The maximum atomic E-state index is 6.23. The van der Waals surface area contributed by atoms with Crippen molar-refractivity contribution in [3.8, 4) is 5.75 Å². The first-order valence-electron chi connectivity index (χ1n) is 6.60. The van der Waals surface area contributed by atoms with E-state index in [9.17, 15) is 0 Å². The summed E-state index contributed by atoms with van der Waals surface area (Å²) in [6.07, 6.45) is 0.872. The molecule has 2 nitrogen and oxygen atoms in total. The molecule has 1 unspecified atom stereocenters. The van der Waals surface area contributed by atoms with Crippen LogP contribution >= 0.6 is 34.8 Å². The highest BCUT2D eigenvalue weighted by Gasteiger charge is 2.16. The Kier molecular flexibility index (Phi) is 5.63. The predicted octanol–water partition coefficient (Wildman–Crippen LogP) is 6.22. The van der Waals surface area contributed by atoms with E-state index >= 15 is 0 Å². The third-order valence-electron chi connectivity index (χ3n) is 3.26. The normalized spacial score (nSPS) is 12.0. The molecule has 5 heteroatoms. The van der Waals surface area contributed by atoms with E-state index in [-0.39, 0.29) is 6.04 Å². The first-order valence-corrected chi connectivity index (χ1v) is 7.74. The van der Waals surface area contributed by atoms with Gasteiger partial charge < -0.3 is 10.1 Å².